The van der Waals surface area contributed by atoms with E-state index in [0.717, 1.165) is 5.75 Å². The number of hydrogen-bond donors (Lipinski definition) is 1. The van der Waals surface area contributed by atoms with Gasteiger partial charge in [0.05, 0.1) is 4.92 Å². The van der Waals surface area contributed by atoms with Gasteiger partial charge in [-0.15, -0.1) is 0 Å². The van der Waals surface area contributed by atoms with Crippen molar-refractivity contribution in [3.63, 3.8) is 0 Å². The number of thiol groups is 1. The molecule has 1 rings (SSSR count). The standard InChI is InChI=1S/C7H11N3O2S/c1-6(5-13)3-9-4-7(2-8-9)10(11)12/h2,4,6,13H,3,5H2,1H3. The first-order valence-corrected chi connectivity index (χ1v) is 4.54. The van der Waals surface area contributed by atoms with Crippen molar-refractivity contribution < 1.29 is 4.92 Å². The van der Waals surface area contributed by atoms with Crippen LogP contribution in [0.3, 0.4) is 0 Å². The highest BCUT2D eigenvalue weighted by Gasteiger charge is 2.09. The summed E-state index contributed by atoms with van der Waals surface area (Å²) in [6, 6.07) is 0. The van der Waals surface area contributed by atoms with Crippen LogP contribution in [0.15, 0.2) is 12.4 Å². The first-order valence-electron chi connectivity index (χ1n) is 3.91. The van der Waals surface area contributed by atoms with Crippen LogP contribution in [0.1, 0.15) is 6.92 Å². The van der Waals surface area contributed by atoms with Crippen molar-refractivity contribution in [3.05, 3.63) is 22.5 Å². The minimum absolute atomic E-state index is 0.0337. The molecule has 0 aliphatic rings. The molecule has 0 saturated carbocycles. The molecule has 0 aromatic carbocycles. The van der Waals surface area contributed by atoms with Crippen LogP contribution >= 0.6 is 12.6 Å². The Balaban J connectivity index is 2.64. The Hall–Kier alpha value is -1.04. The molecule has 1 aromatic rings. The molecular weight excluding hydrogens is 190 g/mol. The van der Waals surface area contributed by atoms with Gasteiger partial charge in [0.25, 0.3) is 0 Å². The van der Waals surface area contributed by atoms with Crippen LogP contribution in [-0.4, -0.2) is 20.5 Å². The van der Waals surface area contributed by atoms with Gasteiger partial charge in [0.2, 0.25) is 0 Å². The topological polar surface area (TPSA) is 61.0 Å². The summed E-state index contributed by atoms with van der Waals surface area (Å²) in [5.74, 6) is 1.11. The molecule has 6 heteroatoms. The van der Waals surface area contributed by atoms with Gasteiger partial charge in [0.15, 0.2) is 0 Å². The van der Waals surface area contributed by atoms with Crippen LogP contribution in [0.5, 0.6) is 0 Å². The minimum Gasteiger partial charge on any atom is -0.265 e. The lowest BCUT2D eigenvalue weighted by Gasteiger charge is -2.06. The zero-order chi connectivity index (χ0) is 9.84. The second-order valence-corrected chi connectivity index (χ2v) is 3.33. The number of rotatable bonds is 4. The largest absolute Gasteiger partial charge is 0.306 e. The molecule has 1 unspecified atom stereocenters. The van der Waals surface area contributed by atoms with Gasteiger partial charge in [0, 0.05) is 6.54 Å². The Morgan fingerprint density at radius 1 is 1.85 bits per heavy atom. The fourth-order valence-corrected chi connectivity index (χ4v) is 1.04. The maximum absolute atomic E-state index is 10.3. The van der Waals surface area contributed by atoms with Crippen LogP contribution in [0.4, 0.5) is 5.69 Å². The van der Waals surface area contributed by atoms with E-state index < -0.39 is 4.92 Å². The molecule has 1 atom stereocenters. The van der Waals surface area contributed by atoms with Crippen molar-refractivity contribution in [2.45, 2.75) is 13.5 Å². The molecule has 0 N–H and O–H groups in total. The number of aromatic nitrogens is 2. The monoisotopic (exact) mass is 201 g/mol. The quantitative estimate of drug-likeness (QED) is 0.454. The van der Waals surface area contributed by atoms with Gasteiger partial charge in [0.1, 0.15) is 12.4 Å². The Morgan fingerprint density at radius 3 is 3.00 bits per heavy atom. The van der Waals surface area contributed by atoms with Crippen molar-refractivity contribution in [2.75, 3.05) is 5.75 Å². The minimum atomic E-state index is -0.450. The van der Waals surface area contributed by atoms with E-state index in [-0.39, 0.29) is 5.69 Å². The van der Waals surface area contributed by atoms with Crippen LogP contribution in [-0.2, 0) is 6.54 Å². The lowest BCUT2D eigenvalue weighted by atomic mass is 10.2. The Morgan fingerprint density at radius 2 is 2.54 bits per heavy atom. The summed E-state index contributed by atoms with van der Waals surface area (Å²) < 4.78 is 1.57. The normalized spacial score (nSPS) is 12.8. The second kappa shape index (κ2) is 4.27. The zero-order valence-electron chi connectivity index (χ0n) is 7.25. The molecule has 0 aliphatic heterocycles. The van der Waals surface area contributed by atoms with Crippen LogP contribution in [0, 0.1) is 16.0 Å². The fourth-order valence-electron chi connectivity index (χ4n) is 0.924. The maximum Gasteiger partial charge on any atom is 0.306 e. The molecule has 1 aromatic heterocycles. The highest BCUT2D eigenvalue weighted by atomic mass is 32.1. The van der Waals surface area contributed by atoms with Gasteiger partial charge in [-0.05, 0) is 11.7 Å². The third kappa shape index (κ3) is 2.73. The van der Waals surface area contributed by atoms with E-state index >= 15 is 0 Å². The van der Waals surface area contributed by atoms with Crippen molar-refractivity contribution >= 4 is 18.3 Å². The molecule has 0 radical (unpaired) electrons. The van der Waals surface area contributed by atoms with Crippen molar-refractivity contribution in [2.24, 2.45) is 5.92 Å². The third-order valence-corrected chi connectivity index (χ3v) is 2.26. The van der Waals surface area contributed by atoms with Gasteiger partial charge in [-0.2, -0.15) is 17.7 Å². The number of hydrogen-bond acceptors (Lipinski definition) is 4. The fraction of sp³-hybridized carbons (Fsp3) is 0.571. The summed E-state index contributed by atoms with van der Waals surface area (Å²) in [6.45, 7) is 2.68. The average Bonchev–Trinajstić information content (AvgIpc) is 2.52. The molecule has 0 aliphatic carbocycles. The summed E-state index contributed by atoms with van der Waals surface area (Å²) >= 11 is 4.12. The SMILES string of the molecule is CC(CS)Cn1cc([N+](=O)[O-])cn1. The molecule has 0 spiro atoms. The van der Waals surface area contributed by atoms with E-state index in [1.54, 1.807) is 4.68 Å². The van der Waals surface area contributed by atoms with E-state index in [2.05, 4.69) is 17.7 Å². The smallest absolute Gasteiger partial charge is 0.265 e. The molecular formula is C7H11N3O2S. The maximum atomic E-state index is 10.3. The molecule has 5 nitrogen and oxygen atoms in total. The second-order valence-electron chi connectivity index (χ2n) is 2.97. The molecule has 0 amide bonds. The zero-order valence-corrected chi connectivity index (χ0v) is 8.15. The van der Waals surface area contributed by atoms with Gasteiger partial charge in [-0.25, -0.2) is 0 Å². The molecule has 0 bridgehead atoms. The lowest BCUT2D eigenvalue weighted by molar-refractivity contribution is -0.385. The van der Waals surface area contributed by atoms with Crippen LogP contribution < -0.4 is 0 Å². The molecule has 1 heterocycles. The van der Waals surface area contributed by atoms with Crippen LogP contribution in [0.25, 0.3) is 0 Å². The first-order chi connectivity index (χ1) is 6.13. The summed E-state index contributed by atoms with van der Waals surface area (Å²) in [4.78, 5) is 9.86. The highest BCUT2D eigenvalue weighted by Crippen LogP contribution is 2.09. The summed E-state index contributed by atoms with van der Waals surface area (Å²) in [6.07, 6.45) is 2.69. The van der Waals surface area contributed by atoms with Crippen molar-refractivity contribution in [1.82, 2.24) is 9.78 Å². The third-order valence-electron chi connectivity index (χ3n) is 1.64. The van der Waals surface area contributed by atoms with E-state index in [0.29, 0.717) is 12.5 Å². The van der Waals surface area contributed by atoms with Gasteiger partial charge in [-0.3, -0.25) is 14.8 Å². The number of nitrogens with zero attached hydrogens (tertiary/aromatic N) is 3. The number of nitro groups is 1. The predicted molar refractivity (Wildman–Crippen MR) is 51.9 cm³/mol. The Labute approximate surface area is 81.3 Å². The van der Waals surface area contributed by atoms with E-state index in [9.17, 15) is 10.1 Å². The average molecular weight is 201 g/mol. The first kappa shape index (κ1) is 10.0. The van der Waals surface area contributed by atoms with Gasteiger partial charge >= 0.3 is 5.69 Å². The van der Waals surface area contributed by atoms with E-state index in [1.807, 2.05) is 6.92 Å². The summed E-state index contributed by atoms with van der Waals surface area (Å²) in [5, 5.41) is 14.2. The Kier molecular flexibility index (Phi) is 3.30. The van der Waals surface area contributed by atoms with Gasteiger partial charge in [-0.1, -0.05) is 6.92 Å². The van der Waals surface area contributed by atoms with Crippen LogP contribution in [0.2, 0.25) is 0 Å². The molecule has 13 heavy (non-hydrogen) atoms. The highest BCUT2D eigenvalue weighted by molar-refractivity contribution is 7.80. The van der Waals surface area contributed by atoms with E-state index in [1.165, 1.54) is 12.4 Å². The van der Waals surface area contributed by atoms with E-state index in [4.69, 9.17) is 0 Å². The predicted octanol–water partition coefficient (Wildman–Crippen LogP) is 1.36. The molecule has 72 valence electrons. The summed E-state index contributed by atoms with van der Waals surface area (Å²) in [7, 11) is 0. The van der Waals surface area contributed by atoms with Crippen molar-refractivity contribution in [3.8, 4) is 0 Å². The molecule has 0 fully saturated rings. The van der Waals surface area contributed by atoms with Crippen molar-refractivity contribution in [1.29, 1.82) is 0 Å². The lowest BCUT2D eigenvalue weighted by Crippen LogP contribution is -2.08. The van der Waals surface area contributed by atoms with Gasteiger partial charge < -0.3 is 0 Å². The molecule has 0 saturated heterocycles. The summed E-state index contributed by atoms with van der Waals surface area (Å²) in [5.41, 5.74) is 0.0337. The Bertz CT molecular complexity index is 300.